The molecule has 0 saturated carbocycles. The zero-order valence-corrected chi connectivity index (χ0v) is 12.5. The van der Waals surface area contributed by atoms with Crippen LogP contribution in [0.1, 0.15) is 24.5 Å². The van der Waals surface area contributed by atoms with Crippen molar-refractivity contribution in [3.05, 3.63) is 51.9 Å². The van der Waals surface area contributed by atoms with Gasteiger partial charge in [-0.05, 0) is 44.0 Å². The molecule has 0 aliphatic rings. The Morgan fingerprint density at radius 1 is 1.40 bits per heavy atom. The number of hydrogen-bond donors (Lipinski definition) is 0. The van der Waals surface area contributed by atoms with Crippen LogP contribution in [0.25, 0.3) is 11.0 Å². The fourth-order valence-electron chi connectivity index (χ4n) is 2.03. The van der Waals surface area contributed by atoms with E-state index in [2.05, 4.69) is 0 Å². The molecule has 0 aliphatic heterocycles. The van der Waals surface area contributed by atoms with Crippen molar-refractivity contribution in [2.45, 2.75) is 32.8 Å². The second-order valence-electron chi connectivity index (χ2n) is 4.62. The molecule has 0 radical (unpaired) electrons. The molecule has 0 amide bonds. The van der Waals surface area contributed by atoms with Gasteiger partial charge >= 0.3 is 5.63 Å². The Bertz CT molecular complexity index is 701. The fraction of sp³-hybridized carbons (Fsp3) is 0.312. The first-order valence-electron chi connectivity index (χ1n) is 6.54. The number of benzene rings is 1. The molecule has 0 N–H and O–H groups in total. The lowest BCUT2D eigenvalue weighted by molar-refractivity contribution is 0.323. The summed E-state index contributed by atoms with van der Waals surface area (Å²) in [5, 5.41) is 0.907. The molecule has 1 aromatic heterocycles. The van der Waals surface area contributed by atoms with Gasteiger partial charge in [-0.2, -0.15) is 0 Å². The van der Waals surface area contributed by atoms with Gasteiger partial charge in [0.1, 0.15) is 11.3 Å². The summed E-state index contributed by atoms with van der Waals surface area (Å²) in [7, 11) is 0. The normalized spacial score (nSPS) is 13.0. The van der Waals surface area contributed by atoms with E-state index in [0.717, 1.165) is 22.9 Å². The molecule has 2 rings (SSSR count). The topological polar surface area (TPSA) is 39.4 Å². The second kappa shape index (κ2) is 6.14. The Labute approximate surface area is 122 Å². The van der Waals surface area contributed by atoms with Crippen molar-refractivity contribution in [2.75, 3.05) is 0 Å². The van der Waals surface area contributed by atoms with E-state index in [0.29, 0.717) is 11.3 Å². The maximum atomic E-state index is 11.5. The highest BCUT2D eigenvalue weighted by atomic mass is 35.5. The molecule has 0 saturated heterocycles. The van der Waals surface area contributed by atoms with Gasteiger partial charge in [-0.3, -0.25) is 0 Å². The molecule has 106 valence electrons. The highest BCUT2D eigenvalue weighted by molar-refractivity contribution is 6.21. The maximum absolute atomic E-state index is 11.5. The molecule has 0 bridgehead atoms. The summed E-state index contributed by atoms with van der Waals surface area (Å²) in [5.41, 5.74) is 1.32. The van der Waals surface area contributed by atoms with Crippen LogP contribution in [0.15, 0.2) is 39.6 Å². The van der Waals surface area contributed by atoms with Crippen LogP contribution < -0.4 is 10.4 Å². The minimum atomic E-state index is -0.539. The van der Waals surface area contributed by atoms with Crippen molar-refractivity contribution in [1.29, 1.82) is 0 Å². The molecule has 1 heterocycles. The quantitative estimate of drug-likeness (QED) is 0.478. The van der Waals surface area contributed by atoms with Gasteiger partial charge in [-0.15, -0.1) is 0 Å². The van der Waals surface area contributed by atoms with Crippen molar-refractivity contribution < 1.29 is 9.15 Å². The van der Waals surface area contributed by atoms with E-state index in [4.69, 9.17) is 20.8 Å². The van der Waals surface area contributed by atoms with Crippen molar-refractivity contribution in [1.82, 2.24) is 0 Å². The van der Waals surface area contributed by atoms with Gasteiger partial charge in [0, 0.05) is 17.0 Å². The highest BCUT2D eigenvalue weighted by Crippen LogP contribution is 2.29. The molecular weight excluding hydrogens is 276 g/mol. The van der Waals surface area contributed by atoms with Gasteiger partial charge in [0.2, 0.25) is 0 Å². The molecule has 0 aliphatic carbocycles. The maximum Gasteiger partial charge on any atom is 0.336 e. The van der Waals surface area contributed by atoms with Crippen LogP contribution in [-0.2, 0) is 0 Å². The van der Waals surface area contributed by atoms with E-state index in [-0.39, 0.29) is 5.63 Å². The molecule has 0 spiro atoms. The van der Waals surface area contributed by atoms with Gasteiger partial charge in [0.15, 0.2) is 5.56 Å². The number of ether oxygens (including phenoxy) is 1. The van der Waals surface area contributed by atoms with Crippen molar-refractivity contribution in [3.63, 3.8) is 0 Å². The summed E-state index contributed by atoms with van der Waals surface area (Å²) < 4.78 is 10.9. The van der Waals surface area contributed by atoms with Gasteiger partial charge in [0.25, 0.3) is 0 Å². The predicted octanol–water partition coefficient (Wildman–Crippen LogP) is 4.32. The fourth-order valence-corrected chi connectivity index (χ4v) is 2.23. The highest BCUT2D eigenvalue weighted by Gasteiger charge is 2.11. The summed E-state index contributed by atoms with van der Waals surface area (Å²) in [6, 6.07) is 5.21. The third kappa shape index (κ3) is 3.05. The van der Waals surface area contributed by atoms with Crippen molar-refractivity contribution in [2.24, 2.45) is 0 Å². The zero-order valence-electron chi connectivity index (χ0n) is 11.8. The van der Waals surface area contributed by atoms with E-state index in [1.807, 2.05) is 39.0 Å². The number of allylic oxidation sites excluding steroid dienone is 1. The molecule has 4 heteroatoms. The Morgan fingerprint density at radius 3 is 2.85 bits per heavy atom. The Hall–Kier alpha value is -1.74. The first-order valence-corrected chi connectivity index (χ1v) is 6.98. The summed E-state index contributed by atoms with van der Waals surface area (Å²) in [4.78, 5) is 11.5. The van der Waals surface area contributed by atoms with Crippen LogP contribution in [0.4, 0.5) is 0 Å². The summed E-state index contributed by atoms with van der Waals surface area (Å²) in [5.74, 6) is 0.618. The SMILES string of the molecule is CC/C=C/C(Cl)Oc1ccc2c(C)cc(=O)oc2c1C. The average molecular weight is 293 g/mol. The lowest BCUT2D eigenvalue weighted by atomic mass is 10.1. The Kier molecular flexibility index (Phi) is 4.50. The molecule has 0 fully saturated rings. The minimum Gasteiger partial charge on any atom is -0.471 e. The van der Waals surface area contributed by atoms with Crippen LogP contribution >= 0.6 is 11.6 Å². The summed E-state index contributed by atoms with van der Waals surface area (Å²) in [6.07, 6.45) is 4.63. The van der Waals surface area contributed by atoms with Crippen LogP contribution in [-0.4, -0.2) is 5.56 Å². The third-order valence-corrected chi connectivity index (χ3v) is 3.32. The van der Waals surface area contributed by atoms with Gasteiger partial charge in [0.05, 0.1) is 0 Å². The van der Waals surface area contributed by atoms with Gasteiger partial charge in [-0.1, -0.05) is 24.6 Å². The largest absolute Gasteiger partial charge is 0.471 e. The van der Waals surface area contributed by atoms with E-state index in [9.17, 15) is 4.79 Å². The molecule has 2 aromatic rings. The zero-order chi connectivity index (χ0) is 14.7. The number of alkyl halides is 1. The number of fused-ring (bicyclic) bond motifs is 1. The second-order valence-corrected chi connectivity index (χ2v) is 5.05. The average Bonchev–Trinajstić information content (AvgIpc) is 2.40. The molecular formula is C16H17ClO3. The minimum absolute atomic E-state index is 0.358. The smallest absolute Gasteiger partial charge is 0.336 e. The standard InChI is InChI=1S/C16H17ClO3/c1-4-5-6-14(17)19-13-8-7-12-10(2)9-15(18)20-16(12)11(13)3/h5-9,14H,4H2,1-3H3/b6-5+. The third-order valence-electron chi connectivity index (χ3n) is 3.08. The summed E-state index contributed by atoms with van der Waals surface area (Å²) in [6.45, 7) is 5.76. The van der Waals surface area contributed by atoms with Crippen LogP contribution in [0.2, 0.25) is 0 Å². The van der Waals surface area contributed by atoms with E-state index >= 15 is 0 Å². The van der Waals surface area contributed by atoms with Gasteiger partial charge < -0.3 is 9.15 Å². The number of rotatable bonds is 4. The van der Waals surface area contributed by atoms with Crippen LogP contribution in [0.3, 0.4) is 0 Å². The Morgan fingerprint density at radius 2 is 2.15 bits per heavy atom. The van der Waals surface area contributed by atoms with E-state index in [1.54, 1.807) is 6.08 Å². The molecule has 20 heavy (non-hydrogen) atoms. The van der Waals surface area contributed by atoms with E-state index in [1.165, 1.54) is 6.07 Å². The van der Waals surface area contributed by atoms with Crippen molar-refractivity contribution in [3.8, 4) is 5.75 Å². The van der Waals surface area contributed by atoms with Crippen LogP contribution in [0.5, 0.6) is 5.75 Å². The monoisotopic (exact) mass is 292 g/mol. The molecule has 1 unspecified atom stereocenters. The molecule has 1 atom stereocenters. The van der Waals surface area contributed by atoms with Gasteiger partial charge in [-0.25, -0.2) is 4.79 Å². The molecule has 3 nitrogen and oxygen atoms in total. The lowest BCUT2D eigenvalue weighted by Gasteiger charge is -2.13. The number of hydrogen-bond acceptors (Lipinski definition) is 3. The lowest BCUT2D eigenvalue weighted by Crippen LogP contribution is -2.07. The summed E-state index contributed by atoms with van der Waals surface area (Å²) >= 11 is 6.08. The number of aryl methyl sites for hydroxylation is 2. The molecule has 1 aromatic carbocycles. The first kappa shape index (κ1) is 14.7. The van der Waals surface area contributed by atoms with Crippen molar-refractivity contribution >= 4 is 22.6 Å². The Balaban J connectivity index is 2.44. The number of halogens is 1. The van der Waals surface area contributed by atoms with E-state index < -0.39 is 5.56 Å². The predicted molar refractivity (Wildman–Crippen MR) is 81.7 cm³/mol. The van der Waals surface area contributed by atoms with Crippen LogP contribution in [0, 0.1) is 13.8 Å². The first-order chi connectivity index (χ1) is 9.52.